The van der Waals surface area contributed by atoms with Gasteiger partial charge in [-0.05, 0) is 45.4 Å². The maximum absolute atomic E-state index is 6.07. The first kappa shape index (κ1) is 23.2. The summed E-state index contributed by atoms with van der Waals surface area (Å²) >= 11 is 0. The molecule has 160 valence electrons. The van der Waals surface area contributed by atoms with Gasteiger partial charge in [0, 0.05) is 44.3 Å². The maximum Gasteiger partial charge on any atom is 0.501 e. The normalized spacial score (nSPS) is 19.4. The first-order valence-electron chi connectivity index (χ1n) is 10.4. The predicted octanol–water partition coefficient (Wildman–Crippen LogP) is 4.79. The highest BCUT2D eigenvalue weighted by molar-refractivity contribution is 6.60. The van der Waals surface area contributed by atoms with E-state index in [0.717, 1.165) is 29.5 Å². The molecule has 2 rings (SSSR count). The Morgan fingerprint density at radius 3 is 2.29 bits per heavy atom. The molecule has 1 unspecified atom stereocenters. The Morgan fingerprint density at radius 1 is 1.07 bits per heavy atom. The van der Waals surface area contributed by atoms with Gasteiger partial charge in [0.25, 0.3) is 0 Å². The van der Waals surface area contributed by atoms with Crippen LogP contribution in [-0.2, 0) is 24.6 Å². The van der Waals surface area contributed by atoms with Crippen LogP contribution in [0.1, 0.15) is 53.5 Å². The molecule has 1 aromatic rings. The smallest absolute Gasteiger partial charge is 0.494 e. The molecule has 0 aromatic heterocycles. The quantitative estimate of drug-likeness (QED) is 0.364. The molecule has 1 aliphatic heterocycles. The summed E-state index contributed by atoms with van der Waals surface area (Å²) in [5.41, 5.74) is 1.01. The van der Waals surface area contributed by atoms with Crippen LogP contribution in [0.3, 0.4) is 0 Å². The SMILES string of the molecule is CCO[Si](CCCOc1ccc2c(c1)COC(C)(C(C)C)O2)(OCC)OCC. The van der Waals surface area contributed by atoms with Gasteiger partial charge in [-0.2, -0.15) is 0 Å². The molecule has 1 atom stereocenters. The minimum absolute atomic E-state index is 0.266. The summed E-state index contributed by atoms with van der Waals surface area (Å²) in [4.78, 5) is 0. The minimum atomic E-state index is -2.60. The van der Waals surface area contributed by atoms with E-state index in [9.17, 15) is 0 Å². The lowest BCUT2D eigenvalue weighted by Gasteiger charge is -2.38. The fourth-order valence-corrected chi connectivity index (χ4v) is 5.67. The summed E-state index contributed by atoms with van der Waals surface area (Å²) in [6.07, 6.45) is 0.807. The molecule has 7 heteroatoms. The van der Waals surface area contributed by atoms with Crippen LogP contribution >= 0.6 is 0 Å². The Morgan fingerprint density at radius 2 is 1.71 bits per heavy atom. The first-order chi connectivity index (χ1) is 13.4. The Kier molecular flexibility index (Phi) is 8.76. The van der Waals surface area contributed by atoms with E-state index in [1.807, 2.05) is 45.9 Å². The summed E-state index contributed by atoms with van der Waals surface area (Å²) in [6, 6.07) is 6.65. The molecule has 0 fully saturated rings. The maximum atomic E-state index is 6.07. The predicted molar refractivity (Wildman–Crippen MR) is 111 cm³/mol. The Labute approximate surface area is 170 Å². The van der Waals surface area contributed by atoms with Crippen molar-refractivity contribution < 1.29 is 27.5 Å². The Balaban J connectivity index is 1.90. The van der Waals surface area contributed by atoms with E-state index in [2.05, 4.69) is 13.8 Å². The van der Waals surface area contributed by atoms with Crippen LogP contribution in [0.4, 0.5) is 0 Å². The van der Waals surface area contributed by atoms with Gasteiger partial charge in [0.15, 0.2) is 0 Å². The van der Waals surface area contributed by atoms with Crippen LogP contribution in [0, 0.1) is 5.92 Å². The van der Waals surface area contributed by atoms with Crippen LogP contribution in [0.5, 0.6) is 11.5 Å². The second-order valence-corrected chi connectivity index (χ2v) is 10.00. The van der Waals surface area contributed by atoms with E-state index in [4.69, 9.17) is 27.5 Å². The lowest BCUT2D eigenvalue weighted by atomic mass is 10.0. The lowest BCUT2D eigenvalue weighted by molar-refractivity contribution is -0.219. The van der Waals surface area contributed by atoms with E-state index < -0.39 is 14.6 Å². The van der Waals surface area contributed by atoms with Gasteiger partial charge >= 0.3 is 8.80 Å². The molecule has 0 saturated carbocycles. The number of rotatable bonds is 12. The largest absolute Gasteiger partial charge is 0.501 e. The van der Waals surface area contributed by atoms with Crippen molar-refractivity contribution in [1.29, 1.82) is 0 Å². The summed E-state index contributed by atoms with van der Waals surface area (Å²) in [5, 5.41) is 0. The molecule has 0 bridgehead atoms. The van der Waals surface area contributed by atoms with E-state index >= 15 is 0 Å². The van der Waals surface area contributed by atoms with Gasteiger partial charge in [-0.1, -0.05) is 13.8 Å². The minimum Gasteiger partial charge on any atom is -0.494 e. The molecule has 1 heterocycles. The Bertz CT molecular complexity index is 592. The summed E-state index contributed by atoms with van der Waals surface area (Å²) in [7, 11) is -2.60. The van der Waals surface area contributed by atoms with Crippen molar-refractivity contribution in [2.24, 2.45) is 5.92 Å². The van der Waals surface area contributed by atoms with Gasteiger partial charge in [0.05, 0.1) is 13.2 Å². The average molecular weight is 413 g/mol. The highest BCUT2D eigenvalue weighted by atomic mass is 28.4. The molecular weight excluding hydrogens is 376 g/mol. The first-order valence-corrected chi connectivity index (χ1v) is 12.3. The molecule has 0 amide bonds. The van der Waals surface area contributed by atoms with Gasteiger partial charge in [0.2, 0.25) is 5.79 Å². The number of ether oxygens (including phenoxy) is 3. The van der Waals surface area contributed by atoms with Gasteiger partial charge < -0.3 is 27.5 Å². The topological polar surface area (TPSA) is 55.4 Å². The van der Waals surface area contributed by atoms with E-state index in [1.165, 1.54) is 0 Å². The van der Waals surface area contributed by atoms with Crippen molar-refractivity contribution in [3.63, 3.8) is 0 Å². The molecule has 1 aromatic carbocycles. The molecule has 1 aliphatic rings. The standard InChI is InChI=1S/C21H36O6Si/c1-7-24-28(25-8-2,26-9-3)14-10-13-22-19-11-12-20-18(15-19)16-23-21(6,27-20)17(4)5/h11-12,15,17H,7-10,13-14,16H2,1-6H3. The number of benzene rings is 1. The van der Waals surface area contributed by atoms with Crippen molar-refractivity contribution in [2.45, 2.75) is 66.4 Å². The third-order valence-corrected chi connectivity index (χ3v) is 8.05. The van der Waals surface area contributed by atoms with Crippen molar-refractivity contribution in [2.75, 3.05) is 26.4 Å². The van der Waals surface area contributed by atoms with E-state index in [0.29, 0.717) is 33.0 Å². The van der Waals surface area contributed by atoms with Crippen molar-refractivity contribution >= 4 is 8.80 Å². The molecule has 28 heavy (non-hydrogen) atoms. The molecule has 0 aliphatic carbocycles. The monoisotopic (exact) mass is 412 g/mol. The van der Waals surface area contributed by atoms with Gasteiger partial charge in [0.1, 0.15) is 11.5 Å². The van der Waals surface area contributed by atoms with Crippen LogP contribution in [0.15, 0.2) is 18.2 Å². The molecular formula is C21H36O6Si. The van der Waals surface area contributed by atoms with Crippen molar-refractivity contribution in [3.8, 4) is 11.5 Å². The summed E-state index contributed by atoms with van der Waals surface area (Å²) < 4.78 is 35.6. The highest BCUT2D eigenvalue weighted by Gasteiger charge is 2.40. The zero-order valence-electron chi connectivity index (χ0n) is 18.2. The highest BCUT2D eigenvalue weighted by Crippen LogP contribution is 2.37. The van der Waals surface area contributed by atoms with Crippen LogP contribution in [-0.4, -0.2) is 41.0 Å². The molecule has 0 N–H and O–H groups in total. The average Bonchev–Trinajstić information content (AvgIpc) is 2.66. The van der Waals surface area contributed by atoms with E-state index in [1.54, 1.807) is 0 Å². The fourth-order valence-electron chi connectivity index (χ4n) is 3.09. The van der Waals surface area contributed by atoms with E-state index in [-0.39, 0.29) is 5.92 Å². The Hall–Kier alpha value is -1.12. The number of hydrogen-bond donors (Lipinski definition) is 0. The van der Waals surface area contributed by atoms with Crippen LogP contribution < -0.4 is 9.47 Å². The van der Waals surface area contributed by atoms with Crippen LogP contribution in [0.2, 0.25) is 6.04 Å². The molecule has 0 saturated heterocycles. The second-order valence-electron chi connectivity index (χ2n) is 7.26. The third kappa shape index (κ3) is 5.94. The fraction of sp³-hybridized carbons (Fsp3) is 0.714. The van der Waals surface area contributed by atoms with Gasteiger partial charge in [-0.25, -0.2) is 0 Å². The summed E-state index contributed by atoms with van der Waals surface area (Å²) in [6.45, 7) is 15.0. The zero-order valence-corrected chi connectivity index (χ0v) is 19.2. The van der Waals surface area contributed by atoms with Gasteiger partial charge in [-0.3, -0.25) is 0 Å². The zero-order chi connectivity index (χ0) is 20.6. The third-order valence-electron chi connectivity index (χ3n) is 4.90. The van der Waals surface area contributed by atoms with Crippen molar-refractivity contribution in [1.82, 2.24) is 0 Å². The summed E-state index contributed by atoms with van der Waals surface area (Å²) in [5.74, 6) is 1.36. The molecule has 6 nitrogen and oxygen atoms in total. The molecule has 0 radical (unpaired) electrons. The second kappa shape index (κ2) is 10.6. The van der Waals surface area contributed by atoms with Gasteiger partial charge in [-0.15, -0.1) is 0 Å². The molecule has 0 spiro atoms. The lowest BCUT2D eigenvalue weighted by Crippen LogP contribution is -2.46. The number of hydrogen-bond acceptors (Lipinski definition) is 6. The number of fused-ring (bicyclic) bond motifs is 1. The van der Waals surface area contributed by atoms with Crippen LogP contribution in [0.25, 0.3) is 0 Å². The van der Waals surface area contributed by atoms with Crippen molar-refractivity contribution in [3.05, 3.63) is 23.8 Å².